The van der Waals surface area contributed by atoms with Crippen molar-refractivity contribution in [2.24, 2.45) is 0 Å². The molecular weight excluding hydrogens is 546 g/mol. The molecule has 2 rings (SSSR count). The van der Waals surface area contributed by atoms with E-state index in [0.717, 1.165) is 18.2 Å². The Morgan fingerprint density at radius 2 is 1.50 bits per heavy atom. The first-order chi connectivity index (χ1) is 11.8. The molecule has 1 nitrogen and oxygen atoms in total. The number of rotatable bonds is 2. The number of hydrogen-bond donors (Lipinski definition) is 0. The van der Waals surface area contributed by atoms with E-state index in [1.165, 1.54) is 41.1 Å². The van der Waals surface area contributed by atoms with Gasteiger partial charge in [-0.2, -0.15) is 31.6 Å². The molecule has 0 spiro atoms. The highest BCUT2D eigenvalue weighted by Gasteiger charge is 2.81. The van der Waals surface area contributed by atoms with Gasteiger partial charge in [0.1, 0.15) is 0 Å². The van der Waals surface area contributed by atoms with Crippen LogP contribution >= 0.6 is 38.5 Å². The van der Waals surface area contributed by atoms with Crippen molar-refractivity contribution >= 4 is 38.5 Å². The van der Waals surface area contributed by atoms with Crippen molar-refractivity contribution in [3.05, 3.63) is 62.0 Å². The highest BCUT2D eigenvalue weighted by atomic mass is 127. The molecule has 1 unspecified atom stereocenters. The highest BCUT2D eigenvalue weighted by Crippen LogP contribution is 2.60. The van der Waals surface area contributed by atoms with Crippen molar-refractivity contribution in [3.8, 4) is 6.07 Å². The lowest BCUT2D eigenvalue weighted by atomic mass is 9.64. The van der Waals surface area contributed by atoms with E-state index in [0.29, 0.717) is 12.2 Å². The average Bonchev–Trinajstić information content (AvgIpc) is 2.50. The van der Waals surface area contributed by atoms with Gasteiger partial charge in [0.05, 0.1) is 17.0 Å². The van der Waals surface area contributed by atoms with Crippen molar-refractivity contribution in [1.29, 1.82) is 5.26 Å². The van der Waals surface area contributed by atoms with Gasteiger partial charge in [-0.05, 0) is 37.8 Å². The number of benzene rings is 1. The Hall–Kier alpha value is -1.09. The maximum atomic E-state index is 15.2. The molecular formula is C16H7BrF7IN. The zero-order chi connectivity index (χ0) is 20.0. The first-order valence-electron chi connectivity index (χ1n) is 6.73. The molecule has 0 saturated carbocycles. The molecule has 0 aromatic heterocycles. The molecule has 26 heavy (non-hydrogen) atoms. The van der Waals surface area contributed by atoms with Crippen molar-refractivity contribution in [2.75, 3.05) is 0 Å². The molecule has 0 fully saturated rings. The summed E-state index contributed by atoms with van der Waals surface area (Å²) in [4.78, 5) is 0. The van der Waals surface area contributed by atoms with E-state index in [-0.39, 0.29) is 8.06 Å². The minimum absolute atomic E-state index is 0.0553. The third-order valence-corrected chi connectivity index (χ3v) is 4.93. The standard InChI is InChI=1S/C16H7BrF7IN/c17-10-5-11(25)7-13(6-10,12-4-2-1-3-9(12)8-26)14(18,15(19,20)21)16(22,23)24/h1-7H. The molecule has 0 N–H and O–H groups in total. The van der Waals surface area contributed by atoms with E-state index < -0.39 is 34.6 Å². The summed E-state index contributed by atoms with van der Waals surface area (Å²) in [6, 6.07) is 5.86. The maximum Gasteiger partial charge on any atom is 0.433 e. The van der Waals surface area contributed by atoms with Gasteiger partial charge in [-0.1, -0.05) is 46.3 Å². The van der Waals surface area contributed by atoms with Gasteiger partial charge in [0.2, 0.25) is 0 Å². The van der Waals surface area contributed by atoms with Gasteiger partial charge in [-0.25, -0.2) is 4.39 Å². The summed E-state index contributed by atoms with van der Waals surface area (Å²) in [5.41, 5.74) is -10.2. The maximum absolute atomic E-state index is 15.2. The summed E-state index contributed by atoms with van der Waals surface area (Å²) in [7, 11) is 0. The van der Waals surface area contributed by atoms with Crippen molar-refractivity contribution in [2.45, 2.75) is 23.4 Å². The second-order valence-corrected chi connectivity index (χ2v) is 7.54. The smallest absolute Gasteiger partial charge is 0.222 e. The predicted molar refractivity (Wildman–Crippen MR) is 92.2 cm³/mol. The van der Waals surface area contributed by atoms with Gasteiger partial charge in [0.25, 0.3) is 0 Å². The normalized spacial score (nSPS) is 21.7. The average molecular weight is 553 g/mol. The zero-order valence-electron chi connectivity index (χ0n) is 12.4. The Morgan fingerprint density at radius 3 is 1.96 bits per heavy atom. The summed E-state index contributed by atoms with van der Waals surface area (Å²) in [5, 5.41) is 9.17. The Labute approximate surface area is 165 Å². The van der Waals surface area contributed by atoms with Crippen LogP contribution in [0.5, 0.6) is 0 Å². The van der Waals surface area contributed by atoms with Crippen LogP contribution in [0.3, 0.4) is 0 Å². The minimum atomic E-state index is -6.30. The molecule has 1 radical (unpaired) electrons. The van der Waals surface area contributed by atoms with E-state index in [1.807, 2.05) is 0 Å². The lowest BCUT2D eigenvalue weighted by molar-refractivity contribution is -0.354. The molecule has 139 valence electrons. The first kappa shape index (κ1) is 21.2. The Bertz CT molecular complexity index is 785. The molecule has 1 aliphatic carbocycles. The molecule has 1 aromatic carbocycles. The van der Waals surface area contributed by atoms with Crippen LogP contribution in [0, 0.1) is 17.8 Å². The Morgan fingerprint density at radius 1 is 0.962 bits per heavy atom. The van der Waals surface area contributed by atoms with E-state index in [1.54, 1.807) is 0 Å². The van der Waals surface area contributed by atoms with Crippen LogP contribution < -0.4 is 0 Å². The lowest BCUT2D eigenvalue weighted by Crippen LogP contribution is -2.65. The second kappa shape index (κ2) is 6.82. The molecule has 0 saturated heterocycles. The number of allylic oxidation sites excluding steroid dienone is 4. The summed E-state index contributed by atoms with van der Waals surface area (Å²) >= 11 is 4.34. The third-order valence-electron chi connectivity index (χ3n) is 3.85. The van der Waals surface area contributed by atoms with Crippen LogP contribution in [0.1, 0.15) is 11.1 Å². The number of nitrogens with zero attached hydrogens (tertiary/aromatic N) is 1. The van der Waals surface area contributed by atoms with Crippen molar-refractivity contribution in [1.82, 2.24) is 0 Å². The number of halogens is 9. The topological polar surface area (TPSA) is 23.8 Å². The molecule has 1 aromatic rings. The molecule has 0 heterocycles. The lowest BCUT2D eigenvalue weighted by Gasteiger charge is -2.45. The summed E-state index contributed by atoms with van der Waals surface area (Å²) < 4.78 is 96.2. The second-order valence-electron chi connectivity index (χ2n) is 5.38. The van der Waals surface area contributed by atoms with E-state index in [4.69, 9.17) is 5.26 Å². The molecule has 10 heteroatoms. The quantitative estimate of drug-likeness (QED) is 0.306. The van der Waals surface area contributed by atoms with Gasteiger partial charge in [-0.3, -0.25) is 0 Å². The van der Waals surface area contributed by atoms with E-state index >= 15 is 4.39 Å². The highest BCUT2D eigenvalue weighted by molar-refractivity contribution is 14.1. The third kappa shape index (κ3) is 3.17. The monoisotopic (exact) mass is 552 g/mol. The minimum Gasteiger partial charge on any atom is -0.222 e. The zero-order valence-corrected chi connectivity index (χ0v) is 16.1. The summed E-state index contributed by atoms with van der Waals surface area (Å²) in [6.45, 7) is 0. The largest absolute Gasteiger partial charge is 0.433 e. The van der Waals surface area contributed by atoms with Gasteiger partial charge >= 0.3 is 18.0 Å². The fraction of sp³-hybridized carbons (Fsp3) is 0.250. The van der Waals surface area contributed by atoms with Gasteiger partial charge in [0.15, 0.2) is 0 Å². The van der Waals surface area contributed by atoms with Crippen LogP contribution in [0.25, 0.3) is 0 Å². The molecule has 0 aliphatic heterocycles. The van der Waals surface area contributed by atoms with Crippen LogP contribution in [0.4, 0.5) is 30.7 Å². The van der Waals surface area contributed by atoms with Crippen LogP contribution in [0.15, 0.2) is 44.5 Å². The molecule has 0 amide bonds. The van der Waals surface area contributed by atoms with Crippen LogP contribution in [-0.2, 0) is 5.41 Å². The SMILES string of the molecule is N#Cc1ccccc1C1(C(F)(C(F)(F)F)C(F)(F)F)C=C(Br)[CH]C(I)=C1. The molecule has 1 atom stereocenters. The molecule has 0 bridgehead atoms. The first-order valence-corrected chi connectivity index (χ1v) is 8.61. The van der Waals surface area contributed by atoms with E-state index in [2.05, 4.69) is 15.9 Å². The molecule has 1 aliphatic rings. The number of hydrogen-bond acceptors (Lipinski definition) is 1. The Balaban J connectivity index is 3.05. The predicted octanol–water partition coefficient (Wildman–Crippen LogP) is 6.44. The van der Waals surface area contributed by atoms with Crippen LogP contribution in [0.2, 0.25) is 0 Å². The Kier molecular flexibility index (Phi) is 5.56. The van der Waals surface area contributed by atoms with Gasteiger partial charge < -0.3 is 0 Å². The fourth-order valence-electron chi connectivity index (χ4n) is 2.80. The van der Waals surface area contributed by atoms with Crippen LogP contribution in [-0.4, -0.2) is 18.0 Å². The summed E-state index contributed by atoms with van der Waals surface area (Å²) in [5.74, 6) is 0. The van der Waals surface area contributed by atoms with Crippen molar-refractivity contribution in [3.63, 3.8) is 0 Å². The van der Waals surface area contributed by atoms with Gasteiger partial charge in [-0.15, -0.1) is 0 Å². The van der Waals surface area contributed by atoms with E-state index in [9.17, 15) is 26.3 Å². The van der Waals surface area contributed by atoms with Crippen molar-refractivity contribution < 1.29 is 30.7 Å². The van der Waals surface area contributed by atoms with Gasteiger partial charge in [0, 0.05) is 10.9 Å². The summed E-state index contributed by atoms with van der Waals surface area (Å²) in [6.07, 6.45) is -10.3. The number of alkyl halides is 7. The number of nitriles is 1. The fourth-order valence-corrected chi connectivity index (χ4v) is 4.67.